The molecule has 6 heteroatoms. The van der Waals surface area contributed by atoms with Crippen molar-refractivity contribution in [2.75, 3.05) is 13.1 Å². The van der Waals surface area contributed by atoms with Crippen molar-refractivity contribution in [3.63, 3.8) is 0 Å². The molecule has 1 aliphatic heterocycles. The van der Waals surface area contributed by atoms with Gasteiger partial charge < -0.3 is 15.3 Å². The fourth-order valence-corrected chi connectivity index (χ4v) is 2.94. The van der Waals surface area contributed by atoms with Gasteiger partial charge in [-0.05, 0) is 42.2 Å². The number of nitrogens with zero attached hydrogens (tertiary/aromatic N) is 1. The number of hydrogen-bond acceptors (Lipinski definition) is 3. The lowest BCUT2D eigenvalue weighted by molar-refractivity contribution is -0.141. The summed E-state index contributed by atoms with van der Waals surface area (Å²) >= 11 is 1.64. The van der Waals surface area contributed by atoms with Gasteiger partial charge in [-0.2, -0.15) is 11.3 Å². The van der Waals surface area contributed by atoms with Gasteiger partial charge in [0.15, 0.2) is 0 Å². The predicted octanol–water partition coefficient (Wildman–Crippen LogP) is 1.80. The Morgan fingerprint density at radius 2 is 2.42 bits per heavy atom. The van der Waals surface area contributed by atoms with E-state index >= 15 is 0 Å². The summed E-state index contributed by atoms with van der Waals surface area (Å²) < 4.78 is 0. The van der Waals surface area contributed by atoms with E-state index in [0.717, 1.165) is 6.42 Å². The minimum atomic E-state index is -0.818. The highest BCUT2D eigenvalue weighted by molar-refractivity contribution is 7.07. The van der Waals surface area contributed by atoms with Crippen LogP contribution in [0.5, 0.6) is 0 Å². The van der Waals surface area contributed by atoms with Gasteiger partial charge in [0.1, 0.15) is 0 Å². The van der Waals surface area contributed by atoms with Crippen LogP contribution >= 0.6 is 11.3 Å². The maximum Gasteiger partial charge on any atom is 0.317 e. The van der Waals surface area contributed by atoms with Crippen LogP contribution in [0.25, 0.3) is 0 Å². The summed E-state index contributed by atoms with van der Waals surface area (Å²) in [7, 11) is 0. The number of nitrogens with one attached hydrogen (secondary N) is 1. The smallest absolute Gasteiger partial charge is 0.317 e. The van der Waals surface area contributed by atoms with E-state index in [9.17, 15) is 9.59 Å². The number of likely N-dealkylation sites (tertiary alicyclic amines) is 1. The first-order valence-corrected chi connectivity index (χ1v) is 7.30. The molecule has 1 aliphatic rings. The molecular formula is C13H18N2O3S. The zero-order valence-corrected chi connectivity index (χ0v) is 11.7. The Balaban J connectivity index is 1.79. The predicted molar refractivity (Wildman–Crippen MR) is 73.3 cm³/mol. The van der Waals surface area contributed by atoms with Gasteiger partial charge in [0, 0.05) is 19.1 Å². The summed E-state index contributed by atoms with van der Waals surface area (Å²) in [4.78, 5) is 24.4. The van der Waals surface area contributed by atoms with Crippen molar-refractivity contribution in [3.8, 4) is 0 Å². The van der Waals surface area contributed by atoms with Crippen molar-refractivity contribution in [2.24, 2.45) is 5.92 Å². The van der Waals surface area contributed by atoms with E-state index in [1.54, 1.807) is 16.2 Å². The van der Waals surface area contributed by atoms with E-state index in [-0.39, 0.29) is 12.1 Å². The molecule has 0 bridgehead atoms. The number of aliphatic carboxylic acids is 1. The lowest BCUT2D eigenvalue weighted by Crippen LogP contribution is -2.43. The molecule has 0 spiro atoms. The summed E-state index contributed by atoms with van der Waals surface area (Å²) in [6, 6.07) is 1.93. The summed E-state index contributed by atoms with van der Waals surface area (Å²) in [5, 5.41) is 15.9. The fourth-order valence-electron chi connectivity index (χ4n) is 2.26. The van der Waals surface area contributed by atoms with Crippen LogP contribution in [0.3, 0.4) is 0 Å². The number of hydrogen-bond donors (Lipinski definition) is 2. The van der Waals surface area contributed by atoms with Crippen molar-refractivity contribution in [1.29, 1.82) is 0 Å². The molecule has 2 amide bonds. The van der Waals surface area contributed by atoms with Crippen LogP contribution in [0.1, 0.15) is 18.9 Å². The third-order valence-corrected chi connectivity index (χ3v) is 4.05. The van der Waals surface area contributed by atoms with Crippen molar-refractivity contribution in [3.05, 3.63) is 22.4 Å². The lowest BCUT2D eigenvalue weighted by Gasteiger charge is -2.20. The van der Waals surface area contributed by atoms with Crippen molar-refractivity contribution in [1.82, 2.24) is 10.2 Å². The Kier molecular flexibility index (Phi) is 4.42. The topological polar surface area (TPSA) is 69.6 Å². The first-order chi connectivity index (χ1) is 9.06. The molecule has 2 unspecified atom stereocenters. The normalized spacial score (nSPS) is 20.3. The number of amides is 2. The van der Waals surface area contributed by atoms with E-state index in [0.29, 0.717) is 19.5 Å². The molecule has 2 N–H and O–H groups in total. The van der Waals surface area contributed by atoms with Crippen LogP contribution in [0.4, 0.5) is 4.79 Å². The number of carbonyl (C=O) groups is 2. The van der Waals surface area contributed by atoms with Gasteiger partial charge in [-0.25, -0.2) is 4.79 Å². The number of thiophene rings is 1. The van der Waals surface area contributed by atoms with Crippen LogP contribution in [-0.2, 0) is 11.2 Å². The standard InChI is InChI=1S/C13H18N2O3S/c1-9(6-10-3-5-19-8-10)14-13(18)15-4-2-11(7-15)12(16)17/h3,5,8-9,11H,2,4,6-7H2,1H3,(H,14,18)(H,16,17). The minimum absolute atomic E-state index is 0.0472. The van der Waals surface area contributed by atoms with E-state index in [4.69, 9.17) is 5.11 Å². The van der Waals surface area contributed by atoms with Crippen molar-refractivity contribution >= 4 is 23.3 Å². The summed E-state index contributed by atoms with van der Waals surface area (Å²) in [5.41, 5.74) is 1.21. The maximum atomic E-state index is 12.0. The Labute approximate surface area is 116 Å². The average Bonchev–Trinajstić information content (AvgIpc) is 2.98. The molecule has 1 saturated heterocycles. The highest BCUT2D eigenvalue weighted by atomic mass is 32.1. The Morgan fingerprint density at radius 3 is 3.00 bits per heavy atom. The van der Waals surface area contributed by atoms with E-state index < -0.39 is 11.9 Å². The largest absolute Gasteiger partial charge is 0.481 e. The van der Waals surface area contributed by atoms with Crippen LogP contribution in [0.15, 0.2) is 16.8 Å². The van der Waals surface area contributed by atoms with Crippen LogP contribution in [0.2, 0.25) is 0 Å². The van der Waals surface area contributed by atoms with E-state index in [1.165, 1.54) is 5.56 Å². The molecule has 1 aromatic heterocycles. The maximum absolute atomic E-state index is 12.0. The Hall–Kier alpha value is -1.56. The monoisotopic (exact) mass is 282 g/mol. The first-order valence-electron chi connectivity index (χ1n) is 6.35. The minimum Gasteiger partial charge on any atom is -0.481 e. The van der Waals surface area contributed by atoms with Gasteiger partial charge in [0.25, 0.3) is 0 Å². The SMILES string of the molecule is CC(Cc1ccsc1)NC(=O)N1CCC(C(=O)O)C1. The molecular weight excluding hydrogens is 264 g/mol. The zero-order valence-electron chi connectivity index (χ0n) is 10.8. The molecule has 19 heavy (non-hydrogen) atoms. The third kappa shape index (κ3) is 3.70. The van der Waals surface area contributed by atoms with Crippen LogP contribution in [-0.4, -0.2) is 41.1 Å². The van der Waals surface area contributed by atoms with Crippen LogP contribution in [0, 0.1) is 5.92 Å². The number of carbonyl (C=O) groups excluding carboxylic acids is 1. The second-order valence-corrected chi connectivity index (χ2v) is 5.74. The molecule has 0 aliphatic carbocycles. The Bertz CT molecular complexity index is 447. The highest BCUT2D eigenvalue weighted by Gasteiger charge is 2.31. The van der Waals surface area contributed by atoms with Gasteiger partial charge in [-0.3, -0.25) is 4.79 Å². The Morgan fingerprint density at radius 1 is 1.63 bits per heavy atom. The van der Waals surface area contributed by atoms with Gasteiger partial charge in [0.05, 0.1) is 5.92 Å². The number of carboxylic acids is 1. The molecule has 0 radical (unpaired) electrons. The van der Waals surface area contributed by atoms with Gasteiger partial charge in [-0.1, -0.05) is 0 Å². The summed E-state index contributed by atoms with van der Waals surface area (Å²) in [6.45, 7) is 2.79. The lowest BCUT2D eigenvalue weighted by atomic mass is 10.1. The molecule has 1 aromatic rings. The summed E-state index contributed by atoms with van der Waals surface area (Å²) in [5.74, 6) is -1.24. The molecule has 1 fully saturated rings. The van der Waals surface area contributed by atoms with Gasteiger partial charge in [0.2, 0.25) is 0 Å². The quantitative estimate of drug-likeness (QED) is 0.884. The molecule has 0 saturated carbocycles. The number of urea groups is 1. The summed E-state index contributed by atoms with van der Waals surface area (Å²) in [6.07, 6.45) is 1.34. The molecule has 104 valence electrons. The molecule has 0 aromatic carbocycles. The third-order valence-electron chi connectivity index (χ3n) is 3.32. The number of carboxylic acid groups (broad SMARTS) is 1. The molecule has 5 nitrogen and oxygen atoms in total. The van der Waals surface area contributed by atoms with Crippen molar-refractivity contribution in [2.45, 2.75) is 25.8 Å². The van der Waals surface area contributed by atoms with Crippen molar-refractivity contribution < 1.29 is 14.7 Å². The second-order valence-electron chi connectivity index (χ2n) is 4.96. The zero-order chi connectivity index (χ0) is 13.8. The number of rotatable bonds is 4. The molecule has 2 heterocycles. The molecule has 2 atom stereocenters. The van der Waals surface area contributed by atoms with Gasteiger partial charge >= 0.3 is 12.0 Å². The van der Waals surface area contributed by atoms with Crippen LogP contribution < -0.4 is 5.32 Å². The first kappa shape index (κ1) is 13.9. The van der Waals surface area contributed by atoms with E-state index in [1.807, 2.05) is 18.4 Å². The van der Waals surface area contributed by atoms with Gasteiger partial charge in [-0.15, -0.1) is 0 Å². The second kappa shape index (κ2) is 6.06. The fraction of sp³-hybridized carbons (Fsp3) is 0.538. The highest BCUT2D eigenvalue weighted by Crippen LogP contribution is 2.16. The average molecular weight is 282 g/mol. The molecule has 2 rings (SSSR count). The van der Waals surface area contributed by atoms with E-state index in [2.05, 4.69) is 10.7 Å².